The smallest absolute Gasteiger partial charge is 0.0681 e. The Bertz CT molecular complexity index is 142. The SMILES string of the molecule is CC1OCCC1SCC(C)(C)O. The standard InChI is InChI=1S/C9H18O2S/c1-7-8(4-5-11-7)12-6-9(2,3)10/h7-8,10H,4-6H2,1-3H3. The van der Waals surface area contributed by atoms with E-state index in [1.807, 2.05) is 25.6 Å². The molecule has 2 atom stereocenters. The van der Waals surface area contributed by atoms with Crippen molar-refractivity contribution in [2.45, 2.75) is 44.1 Å². The molecule has 0 radical (unpaired) electrons. The third-order valence-corrected chi connectivity index (χ3v) is 3.88. The van der Waals surface area contributed by atoms with Crippen molar-refractivity contribution in [1.82, 2.24) is 0 Å². The van der Waals surface area contributed by atoms with Crippen molar-refractivity contribution in [2.24, 2.45) is 0 Å². The van der Waals surface area contributed by atoms with Gasteiger partial charge in [-0.15, -0.1) is 0 Å². The molecule has 0 amide bonds. The molecule has 1 rings (SSSR count). The van der Waals surface area contributed by atoms with Crippen LogP contribution in [0.1, 0.15) is 27.2 Å². The van der Waals surface area contributed by atoms with E-state index in [-0.39, 0.29) is 0 Å². The third kappa shape index (κ3) is 3.33. The van der Waals surface area contributed by atoms with Crippen LogP contribution in [-0.2, 0) is 4.74 Å². The molecule has 1 N–H and O–H groups in total. The van der Waals surface area contributed by atoms with Crippen molar-refractivity contribution in [3.8, 4) is 0 Å². The maximum absolute atomic E-state index is 9.50. The highest BCUT2D eigenvalue weighted by molar-refractivity contribution is 8.00. The second-order valence-electron chi connectivity index (χ2n) is 4.03. The molecule has 1 saturated heterocycles. The topological polar surface area (TPSA) is 29.5 Å². The van der Waals surface area contributed by atoms with Crippen LogP contribution < -0.4 is 0 Å². The molecule has 72 valence electrons. The largest absolute Gasteiger partial charge is 0.390 e. The van der Waals surface area contributed by atoms with Gasteiger partial charge in [-0.3, -0.25) is 0 Å². The normalized spacial score (nSPS) is 31.0. The van der Waals surface area contributed by atoms with Crippen LogP contribution in [0, 0.1) is 0 Å². The Morgan fingerprint density at radius 1 is 1.58 bits per heavy atom. The van der Waals surface area contributed by atoms with Gasteiger partial charge in [0.15, 0.2) is 0 Å². The van der Waals surface area contributed by atoms with Crippen molar-refractivity contribution in [1.29, 1.82) is 0 Å². The van der Waals surface area contributed by atoms with Crippen molar-refractivity contribution in [3.05, 3.63) is 0 Å². The minimum atomic E-state index is -0.549. The number of hydrogen-bond donors (Lipinski definition) is 1. The van der Waals surface area contributed by atoms with Gasteiger partial charge in [-0.25, -0.2) is 0 Å². The van der Waals surface area contributed by atoms with Crippen LogP contribution in [0.15, 0.2) is 0 Å². The number of ether oxygens (including phenoxy) is 1. The third-order valence-electron chi connectivity index (χ3n) is 1.96. The highest BCUT2D eigenvalue weighted by Gasteiger charge is 2.26. The quantitative estimate of drug-likeness (QED) is 0.734. The van der Waals surface area contributed by atoms with E-state index in [2.05, 4.69) is 6.92 Å². The van der Waals surface area contributed by atoms with Gasteiger partial charge in [0.05, 0.1) is 11.7 Å². The van der Waals surface area contributed by atoms with Crippen LogP contribution in [0.4, 0.5) is 0 Å². The molecule has 0 aliphatic carbocycles. The molecule has 2 unspecified atom stereocenters. The molecule has 0 aromatic carbocycles. The molecule has 0 spiro atoms. The van der Waals surface area contributed by atoms with Crippen molar-refractivity contribution >= 4 is 11.8 Å². The minimum Gasteiger partial charge on any atom is -0.390 e. The minimum absolute atomic E-state index is 0.359. The zero-order valence-corrected chi connectivity index (χ0v) is 8.86. The summed E-state index contributed by atoms with van der Waals surface area (Å²) in [7, 11) is 0. The van der Waals surface area contributed by atoms with Gasteiger partial charge in [-0.05, 0) is 27.2 Å². The molecule has 2 nitrogen and oxygen atoms in total. The average molecular weight is 190 g/mol. The molecule has 0 aromatic heterocycles. The van der Waals surface area contributed by atoms with Crippen LogP contribution in [-0.4, -0.2) is 34.4 Å². The molecule has 3 heteroatoms. The summed E-state index contributed by atoms with van der Waals surface area (Å²) in [6, 6.07) is 0. The molecule has 1 aliphatic heterocycles. The monoisotopic (exact) mass is 190 g/mol. The first-order chi connectivity index (χ1) is 5.49. The summed E-state index contributed by atoms with van der Waals surface area (Å²) in [5.74, 6) is 0.797. The van der Waals surface area contributed by atoms with E-state index in [0.29, 0.717) is 11.4 Å². The van der Waals surface area contributed by atoms with Crippen LogP contribution >= 0.6 is 11.8 Å². The fraction of sp³-hybridized carbons (Fsp3) is 1.00. The number of aliphatic hydroxyl groups is 1. The van der Waals surface area contributed by atoms with Crippen LogP contribution in [0.25, 0.3) is 0 Å². The number of rotatable bonds is 3. The summed E-state index contributed by atoms with van der Waals surface area (Å²) in [6.07, 6.45) is 1.49. The van der Waals surface area contributed by atoms with E-state index in [4.69, 9.17) is 4.74 Å². The second kappa shape index (κ2) is 3.99. The molecule has 0 bridgehead atoms. The Morgan fingerprint density at radius 2 is 2.25 bits per heavy atom. The molecule has 1 fully saturated rings. The predicted molar refractivity (Wildman–Crippen MR) is 52.6 cm³/mol. The van der Waals surface area contributed by atoms with Crippen LogP contribution in [0.3, 0.4) is 0 Å². The molecular weight excluding hydrogens is 172 g/mol. The summed E-state index contributed by atoms with van der Waals surface area (Å²) in [4.78, 5) is 0. The zero-order valence-electron chi connectivity index (χ0n) is 8.04. The highest BCUT2D eigenvalue weighted by Crippen LogP contribution is 2.28. The van der Waals surface area contributed by atoms with Crippen LogP contribution in [0.2, 0.25) is 0 Å². The molecule has 0 aromatic rings. The lowest BCUT2D eigenvalue weighted by atomic mass is 10.2. The summed E-state index contributed by atoms with van der Waals surface area (Å²) >= 11 is 1.82. The van der Waals surface area contributed by atoms with E-state index in [1.54, 1.807) is 0 Å². The highest BCUT2D eigenvalue weighted by atomic mass is 32.2. The summed E-state index contributed by atoms with van der Waals surface area (Å²) in [6.45, 7) is 6.68. The van der Waals surface area contributed by atoms with Gasteiger partial charge in [0.1, 0.15) is 0 Å². The maximum Gasteiger partial charge on any atom is 0.0681 e. The van der Waals surface area contributed by atoms with E-state index < -0.39 is 5.60 Å². The van der Waals surface area contributed by atoms with Gasteiger partial charge in [0.25, 0.3) is 0 Å². The van der Waals surface area contributed by atoms with Crippen molar-refractivity contribution in [2.75, 3.05) is 12.4 Å². The predicted octanol–water partition coefficient (Wildman–Crippen LogP) is 1.67. The average Bonchev–Trinajstić information content (AvgIpc) is 2.29. The first-order valence-electron chi connectivity index (χ1n) is 4.44. The van der Waals surface area contributed by atoms with Crippen molar-refractivity contribution < 1.29 is 9.84 Å². The first-order valence-corrected chi connectivity index (χ1v) is 5.49. The van der Waals surface area contributed by atoms with E-state index in [9.17, 15) is 5.11 Å². The van der Waals surface area contributed by atoms with Gasteiger partial charge in [0.2, 0.25) is 0 Å². The molecule has 12 heavy (non-hydrogen) atoms. The lowest BCUT2D eigenvalue weighted by Gasteiger charge is -2.20. The zero-order chi connectivity index (χ0) is 9.19. The van der Waals surface area contributed by atoms with Gasteiger partial charge in [-0.2, -0.15) is 11.8 Å². The molecule has 1 aliphatic rings. The summed E-state index contributed by atoms with van der Waals surface area (Å²) in [5, 5.41) is 10.1. The van der Waals surface area contributed by atoms with E-state index in [1.165, 1.54) is 0 Å². The Morgan fingerprint density at radius 3 is 2.67 bits per heavy atom. The van der Waals surface area contributed by atoms with Gasteiger partial charge in [0, 0.05) is 17.6 Å². The Kier molecular flexibility index (Phi) is 3.44. The Labute approximate surface area is 78.7 Å². The van der Waals surface area contributed by atoms with Gasteiger partial charge < -0.3 is 9.84 Å². The van der Waals surface area contributed by atoms with E-state index in [0.717, 1.165) is 18.8 Å². The summed E-state index contributed by atoms with van der Waals surface area (Å²) in [5.41, 5.74) is -0.549. The number of hydrogen-bond acceptors (Lipinski definition) is 3. The first kappa shape index (κ1) is 10.4. The van der Waals surface area contributed by atoms with Gasteiger partial charge in [-0.1, -0.05) is 0 Å². The fourth-order valence-corrected chi connectivity index (χ4v) is 2.48. The maximum atomic E-state index is 9.50. The molecule has 1 heterocycles. The Balaban J connectivity index is 2.23. The lowest BCUT2D eigenvalue weighted by molar-refractivity contribution is 0.106. The molecular formula is C9H18O2S. The second-order valence-corrected chi connectivity index (χ2v) is 5.25. The molecule has 0 saturated carbocycles. The Hall–Kier alpha value is 0.270. The van der Waals surface area contributed by atoms with Crippen LogP contribution in [0.5, 0.6) is 0 Å². The van der Waals surface area contributed by atoms with E-state index >= 15 is 0 Å². The fourth-order valence-electron chi connectivity index (χ4n) is 1.24. The number of thioether (sulfide) groups is 1. The van der Waals surface area contributed by atoms with Gasteiger partial charge >= 0.3 is 0 Å². The lowest BCUT2D eigenvalue weighted by Crippen LogP contribution is -2.25. The van der Waals surface area contributed by atoms with Crippen molar-refractivity contribution in [3.63, 3.8) is 0 Å². The summed E-state index contributed by atoms with van der Waals surface area (Å²) < 4.78 is 5.43.